The van der Waals surface area contributed by atoms with E-state index in [1.807, 2.05) is 30.3 Å². The molecule has 106 valence electrons. The van der Waals surface area contributed by atoms with E-state index in [1.165, 1.54) is 5.56 Å². The molecular formula is C16H19BrN2O. The van der Waals surface area contributed by atoms with Crippen molar-refractivity contribution in [2.45, 2.75) is 19.9 Å². The normalized spacial score (nSPS) is 10.3. The molecule has 0 radical (unpaired) electrons. The van der Waals surface area contributed by atoms with Crippen LogP contribution in [0, 0.1) is 0 Å². The lowest BCUT2D eigenvalue weighted by Crippen LogP contribution is -2.05. The van der Waals surface area contributed by atoms with E-state index in [-0.39, 0.29) is 0 Å². The number of hydrogen-bond acceptors (Lipinski definition) is 3. The molecule has 2 aromatic rings. The largest absolute Gasteiger partial charge is 0.491 e. The van der Waals surface area contributed by atoms with E-state index in [0.29, 0.717) is 12.3 Å². The minimum Gasteiger partial charge on any atom is -0.491 e. The van der Waals surface area contributed by atoms with Crippen molar-refractivity contribution >= 4 is 27.3 Å². The van der Waals surface area contributed by atoms with Gasteiger partial charge in [-0.15, -0.1) is 0 Å². The first-order valence-corrected chi connectivity index (χ1v) is 7.49. The van der Waals surface area contributed by atoms with E-state index in [0.717, 1.165) is 28.9 Å². The molecular weight excluding hydrogens is 316 g/mol. The molecule has 0 aliphatic rings. The monoisotopic (exact) mass is 334 g/mol. The molecule has 0 aromatic heterocycles. The lowest BCUT2D eigenvalue weighted by Gasteiger charge is -2.13. The fourth-order valence-electron chi connectivity index (χ4n) is 1.88. The van der Waals surface area contributed by atoms with Gasteiger partial charge >= 0.3 is 0 Å². The number of ether oxygens (including phenoxy) is 1. The number of nitrogens with one attached hydrogen (secondary N) is 1. The topological polar surface area (TPSA) is 47.3 Å². The molecule has 4 heteroatoms. The van der Waals surface area contributed by atoms with Crippen molar-refractivity contribution in [1.29, 1.82) is 0 Å². The summed E-state index contributed by atoms with van der Waals surface area (Å²) < 4.78 is 6.70. The molecule has 0 aliphatic heterocycles. The number of hydrogen-bond donors (Lipinski definition) is 2. The lowest BCUT2D eigenvalue weighted by atomic mass is 10.2. The number of nitrogens with two attached hydrogens (primary N) is 1. The average Bonchev–Trinajstić information content (AvgIpc) is 2.45. The summed E-state index contributed by atoms with van der Waals surface area (Å²) in [5, 5.41) is 3.35. The standard InChI is InChI=1S/C16H19BrN2O/c1-2-9-20-15-8-4-7-14(16(15)18)19-11-12-5-3-6-13(17)10-12/h3-8,10,19H,2,9,11,18H2,1H3. The first-order valence-electron chi connectivity index (χ1n) is 6.70. The van der Waals surface area contributed by atoms with Gasteiger partial charge in [0.25, 0.3) is 0 Å². The lowest BCUT2D eigenvalue weighted by molar-refractivity contribution is 0.319. The summed E-state index contributed by atoms with van der Waals surface area (Å²) in [4.78, 5) is 0. The number of benzene rings is 2. The zero-order chi connectivity index (χ0) is 14.4. The molecule has 0 fully saturated rings. The van der Waals surface area contributed by atoms with Gasteiger partial charge in [-0.25, -0.2) is 0 Å². The zero-order valence-electron chi connectivity index (χ0n) is 11.5. The third kappa shape index (κ3) is 3.90. The van der Waals surface area contributed by atoms with Crippen LogP contribution in [0.4, 0.5) is 11.4 Å². The van der Waals surface area contributed by atoms with Crippen LogP contribution in [0.2, 0.25) is 0 Å². The summed E-state index contributed by atoms with van der Waals surface area (Å²) in [6, 6.07) is 14.0. The molecule has 0 unspecified atom stereocenters. The van der Waals surface area contributed by atoms with Crippen LogP contribution in [-0.2, 0) is 6.54 Å². The summed E-state index contributed by atoms with van der Waals surface area (Å²) in [5.41, 5.74) is 8.88. The van der Waals surface area contributed by atoms with E-state index in [2.05, 4.69) is 40.3 Å². The van der Waals surface area contributed by atoms with Crippen LogP contribution in [0.3, 0.4) is 0 Å². The van der Waals surface area contributed by atoms with Crippen molar-refractivity contribution in [2.24, 2.45) is 0 Å². The predicted octanol–water partition coefficient (Wildman–Crippen LogP) is 4.43. The zero-order valence-corrected chi connectivity index (χ0v) is 13.1. The minimum absolute atomic E-state index is 0.663. The molecule has 3 nitrogen and oxygen atoms in total. The Bertz CT molecular complexity index is 572. The summed E-state index contributed by atoms with van der Waals surface area (Å²) in [6.45, 7) is 3.48. The summed E-state index contributed by atoms with van der Waals surface area (Å²) in [5.74, 6) is 0.742. The highest BCUT2D eigenvalue weighted by molar-refractivity contribution is 9.10. The molecule has 2 aromatic carbocycles. The van der Waals surface area contributed by atoms with E-state index in [4.69, 9.17) is 10.5 Å². The molecule has 0 saturated heterocycles. The smallest absolute Gasteiger partial charge is 0.144 e. The third-order valence-electron chi connectivity index (χ3n) is 2.90. The minimum atomic E-state index is 0.663. The Kier molecular flexibility index (Phi) is 5.30. The molecule has 0 heterocycles. The Morgan fingerprint density at radius 3 is 2.75 bits per heavy atom. The van der Waals surface area contributed by atoms with Crippen LogP contribution < -0.4 is 15.8 Å². The molecule has 3 N–H and O–H groups in total. The number of anilines is 2. The fraction of sp³-hybridized carbons (Fsp3) is 0.250. The van der Waals surface area contributed by atoms with Crippen LogP contribution in [0.15, 0.2) is 46.9 Å². The van der Waals surface area contributed by atoms with Crippen LogP contribution in [0.1, 0.15) is 18.9 Å². The molecule has 0 aliphatic carbocycles. The van der Waals surface area contributed by atoms with E-state index >= 15 is 0 Å². The average molecular weight is 335 g/mol. The van der Waals surface area contributed by atoms with Gasteiger partial charge in [-0.2, -0.15) is 0 Å². The Hall–Kier alpha value is -1.68. The molecule has 2 rings (SSSR count). The predicted molar refractivity (Wildman–Crippen MR) is 88.1 cm³/mol. The molecule has 20 heavy (non-hydrogen) atoms. The second kappa shape index (κ2) is 7.20. The first kappa shape index (κ1) is 14.7. The van der Waals surface area contributed by atoms with Gasteiger partial charge in [0.2, 0.25) is 0 Å². The Morgan fingerprint density at radius 2 is 2.00 bits per heavy atom. The van der Waals surface area contributed by atoms with Gasteiger partial charge in [-0.3, -0.25) is 0 Å². The second-order valence-corrected chi connectivity index (χ2v) is 5.46. The van der Waals surface area contributed by atoms with Crippen LogP contribution in [0.25, 0.3) is 0 Å². The first-order chi connectivity index (χ1) is 9.70. The van der Waals surface area contributed by atoms with Crippen molar-refractivity contribution in [3.05, 3.63) is 52.5 Å². The van der Waals surface area contributed by atoms with Gasteiger partial charge in [0.1, 0.15) is 5.75 Å². The Labute approximate surface area is 128 Å². The molecule has 0 amide bonds. The Balaban J connectivity index is 2.06. The quantitative estimate of drug-likeness (QED) is 0.768. The number of rotatable bonds is 6. The molecule has 0 saturated carbocycles. The van der Waals surface area contributed by atoms with Crippen LogP contribution in [0.5, 0.6) is 5.75 Å². The fourth-order valence-corrected chi connectivity index (χ4v) is 2.33. The summed E-state index contributed by atoms with van der Waals surface area (Å²) >= 11 is 3.47. The maximum atomic E-state index is 6.12. The number of halogens is 1. The van der Waals surface area contributed by atoms with Crippen molar-refractivity contribution in [1.82, 2.24) is 0 Å². The SMILES string of the molecule is CCCOc1cccc(NCc2cccc(Br)c2)c1N. The van der Waals surface area contributed by atoms with Crippen LogP contribution >= 0.6 is 15.9 Å². The number of para-hydroxylation sites is 1. The van der Waals surface area contributed by atoms with Crippen LogP contribution in [-0.4, -0.2) is 6.61 Å². The highest BCUT2D eigenvalue weighted by Gasteiger charge is 2.05. The van der Waals surface area contributed by atoms with Gasteiger partial charge in [-0.05, 0) is 36.2 Å². The van der Waals surface area contributed by atoms with Crippen molar-refractivity contribution in [2.75, 3.05) is 17.7 Å². The van der Waals surface area contributed by atoms with Gasteiger partial charge < -0.3 is 15.8 Å². The summed E-state index contributed by atoms with van der Waals surface area (Å²) in [6.07, 6.45) is 0.967. The molecule has 0 spiro atoms. The van der Waals surface area contributed by atoms with E-state index < -0.39 is 0 Å². The van der Waals surface area contributed by atoms with Crippen molar-refractivity contribution in [3.8, 4) is 5.75 Å². The van der Waals surface area contributed by atoms with Gasteiger partial charge in [0.15, 0.2) is 0 Å². The number of nitrogen functional groups attached to an aromatic ring is 1. The molecule has 0 bridgehead atoms. The maximum absolute atomic E-state index is 6.12. The Morgan fingerprint density at radius 1 is 1.20 bits per heavy atom. The maximum Gasteiger partial charge on any atom is 0.144 e. The van der Waals surface area contributed by atoms with E-state index in [9.17, 15) is 0 Å². The highest BCUT2D eigenvalue weighted by Crippen LogP contribution is 2.29. The van der Waals surface area contributed by atoms with Gasteiger partial charge in [0, 0.05) is 11.0 Å². The summed E-state index contributed by atoms with van der Waals surface area (Å²) in [7, 11) is 0. The van der Waals surface area contributed by atoms with Crippen molar-refractivity contribution in [3.63, 3.8) is 0 Å². The second-order valence-electron chi connectivity index (χ2n) is 4.55. The third-order valence-corrected chi connectivity index (χ3v) is 3.39. The van der Waals surface area contributed by atoms with Gasteiger partial charge in [-0.1, -0.05) is 41.1 Å². The molecule has 0 atom stereocenters. The highest BCUT2D eigenvalue weighted by atomic mass is 79.9. The van der Waals surface area contributed by atoms with E-state index in [1.54, 1.807) is 0 Å². The van der Waals surface area contributed by atoms with Crippen molar-refractivity contribution < 1.29 is 4.74 Å². The van der Waals surface area contributed by atoms with Gasteiger partial charge in [0.05, 0.1) is 18.0 Å².